The summed E-state index contributed by atoms with van der Waals surface area (Å²) in [5, 5.41) is 22.7. The Morgan fingerprint density at radius 3 is 2.54 bits per heavy atom. The molecule has 9 nitrogen and oxygen atoms in total. The first kappa shape index (κ1) is 17.5. The first-order valence-corrected chi connectivity index (χ1v) is 7.40. The molecule has 24 heavy (non-hydrogen) atoms. The molecule has 1 aromatic rings. The van der Waals surface area contributed by atoms with Crippen molar-refractivity contribution in [3.8, 4) is 11.5 Å². The highest BCUT2D eigenvalue weighted by Crippen LogP contribution is 2.35. The van der Waals surface area contributed by atoms with Crippen molar-refractivity contribution in [2.45, 2.75) is 25.8 Å². The van der Waals surface area contributed by atoms with E-state index >= 15 is 0 Å². The van der Waals surface area contributed by atoms with E-state index in [1.807, 2.05) is 0 Å². The lowest BCUT2D eigenvalue weighted by atomic mass is 9.80. The average Bonchev–Trinajstić information content (AvgIpc) is 2.49. The number of benzene rings is 1. The summed E-state index contributed by atoms with van der Waals surface area (Å²) < 4.78 is 10.4. The zero-order chi connectivity index (χ0) is 17.9. The fourth-order valence-corrected chi connectivity index (χ4v) is 2.51. The van der Waals surface area contributed by atoms with Crippen LogP contribution in [-0.4, -0.2) is 41.7 Å². The number of ether oxygens (including phenoxy) is 2. The third-order valence-electron chi connectivity index (χ3n) is 3.85. The second-order valence-electron chi connectivity index (χ2n) is 5.39. The van der Waals surface area contributed by atoms with Crippen molar-refractivity contribution in [2.24, 2.45) is 5.92 Å². The van der Waals surface area contributed by atoms with Crippen molar-refractivity contribution < 1.29 is 29.1 Å². The minimum absolute atomic E-state index is 0.150. The van der Waals surface area contributed by atoms with Crippen LogP contribution in [0.15, 0.2) is 12.1 Å². The molecule has 0 aromatic heterocycles. The number of nitro benzene ring substituents is 1. The Morgan fingerprint density at radius 2 is 2.04 bits per heavy atom. The molecule has 0 atom stereocenters. The molecule has 0 unspecified atom stereocenters. The van der Waals surface area contributed by atoms with Gasteiger partial charge in [-0.3, -0.25) is 19.7 Å². The number of hydrogen-bond donors (Lipinski definition) is 2. The largest absolute Gasteiger partial charge is 0.493 e. The van der Waals surface area contributed by atoms with Crippen LogP contribution < -0.4 is 14.8 Å². The lowest BCUT2D eigenvalue weighted by Crippen LogP contribution is -2.46. The molecule has 0 bridgehead atoms. The van der Waals surface area contributed by atoms with E-state index in [4.69, 9.17) is 14.6 Å². The van der Waals surface area contributed by atoms with Gasteiger partial charge in [-0.25, -0.2) is 0 Å². The topological polar surface area (TPSA) is 128 Å². The SMILES string of the molecule is CCOc1cc(C(=O)NC2CC(C(=O)O)C2)c([N+](=O)[O-])cc1OC. The van der Waals surface area contributed by atoms with E-state index < -0.39 is 28.4 Å². The summed E-state index contributed by atoms with van der Waals surface area (Å²) in [4.78, 5) is 33.7. The highest BCUT2D eigenvalue weighted by atomic mass is 16.6. The van der Waals surface area contributed by atoms with Gasteiger partial charge in [0.25, 0.3) is 11.6 Å². The van der Waals surface area contributed by atoms with Crippen molar-refractivity contribution in [1.82, 2.24) is 5.32 Å². The number of carbonyl (C=O) groups is 2. The molecule has 2 rings (SSSR count). The van der Waals surface area contributed by atoms with E-state index in [-0.39, 0.29) is 23.1 Å². The standard InChI is InChI=1S/C15H18N2O7/c1-3-24-13-6-10(11(17(21)22)7-12(13)23-2)14(18)16-9-4-8(5-9)15(19)20/h6-9H,3-5H2,1-2H3,(H,16,18)(H,19,20). The number of nitrogens with one attached hydrogen (secondary N) is 1. The van der Waals surface area contributed by atoms with Crippen LogP contribution in [0.5, 0.6) is 11.5 Å². The molecule has 1 aliphatic carbocycles. The van der Waals surface area contributed by atoms with Crippen molar-refractivity contribution in [1.29, 1.82) is 0 Å². The molecule has 9 heteroatoms. The van der Waals surface area contributed by atoms with Crippen molar-refractivity contribution in [2.75, 3.05) is 13.7 Å². The highest BCUT2D eigenvalue weighted by Gasteiger charge is 2.36. The van der Waals surface area contributed by atoms with Crippen molar-refractivity contribution in [3.63, 3.8) is 0 Å². The minimum Gasteiger partial charge on any atom is -0.493 e. The zero-order valence-corrected chi connectivity index (χ0v) is 13.3. The maximum Gasteiger partial charge on any atom is 0.306 e. The summed E-state index contributed by atoms with van der Waals surface area (Å²) in [5.74, 6) is -1.64. The number of hydrogen-bond acceptors (Lipinski definition) is 6. The quantitative estimate of drug-likeness (QED) is 0.570. The average molecular weight is 338 g/mol. The summed E-state index contributed by atoms with van der Waals surface area (Å²) in [7, 11) is 1.35. The predicted molar refractivity (Wildman–Crippen MR) is 82.4 cm³/mol. The first-order valence-electron chi connectivity index (χ1n) is 7.40. The van der Waals surface area contributed by atoms with Crippen LogP contribution in [0.3, 0.4) is 0 Å². The van der Waals surface area contributed by atoms with Crippen molar-refractivity contribution in [3.05, 3.63) is 27.8 Å². The van der Waals surface area contributed by atoms with Gasteiger partial charge in [-0.2, -0.15) is 0 Å². The second kappa shape index (κ2) is 7.16. The molecule has 0 heterocycles. The summed E-state index contributed by atoms with van der Waals surface area (Å²) >= 11 is 0. The van der Waals surface area contributed by atoms with Crippen LogP contribution >= 0.6 is 0 Å². The summed E-state index contributed by atoms with van der Waals surface area (Å²) in [6.45, 7) is 2.04. The molecule has 1 amide bonds. The van der Waals surface area contributed by atoms with Gasteiger partial charge in [0.05, 0.1) is 30.6 Å². The third kappa shape index (κ3) is 3.55. The fraction of sp³-hybridized carbons (Fsp3) is 0.467. The molecule has 1 saturated carbocycles. The van der Waals surface area contributed by atoms with Crippen LogP contribution in [0.2, 0.25) is 0 Å². The number of methoxy groups -OCH3 is 1. The normalized spacial score (nSPS) is 19.1. The maximum absolute atomic E-state index is 12.3. The number of aliphatic carboxylic acids is 1. The lowest BCUT2D eigenvalue weighted by Gasteiger charge is -2.32. The van der Waals surface area contributed by atoms with Crippen LogP contribution in [0.25, 0.3) is 0 Å². The van der Waals surface area contributed by atoms with Gasteiger partial charge in [0.2, 0.25) is 0 Å². The Labute approximate surface area is 137 Å². The van der Waals surface area contributed by atoms with E-state index in [0.29, 0.717) is 19.4 Å². The van der Waals surface area contributed by atoms with E-state index in [2.05, 4.69) is 5.32 Å². The van der Waals surface area contributed by atoms with Gasteiger partial charge < -0.3 is 19.9 Å². The number of carbonyl (C=O) groups excluding carboxylic acids is 1. The van der Waals surface area contributed by atoms with Crippen molar-refractivity contribution >= 4 is 17.6 Å². The summed E-state index contributed by atoms with van der Waals surface area (Å²) in [6, 6.07) is 2.10. The van der Waals surface area contributed by atoms with E-state index in [1.54, 1.807) is 6.92 Å². The van der Waals surface area contributed by atoms with Gasteiger partial charge in [-0.05, 0) is 19.8 Å². The number of rotatable bonds is 7. The number of nitro groups is 1. The number of amides is 1. The zero-order valence-electron chi connectivity index (χ0n) is 13.3. The van der Waals surface area contributed by atoms with Gasteiger partial charge in [-0.1, -0.05) is 0 Å². The minimum atomic E-state index is -0.908. The highest BCUT2D eigenvalue weighted by molar-refractivity contribution is 5.99. The molecule has 1 aliphatic rings. The first-order chi connectivity index (χ1) is 11.4. The van der Waals surface area contributed by atoms with Gasteiger partial charge in [-0.15, -0.1) is 0 Å². The monoisotopic (exact) mass is 338 g/mol. The Kier molecular flexibility index (Phi) is 5.22. The molecule has 1 fully saturated rings. The van der Waals surface area contributed by atoms with Crippen LogP contribution in [-0.2, 0) is 4.79 Å². The van der Waals surface area contributed by atoms with E-state index in [9.17, 15) is 19.7 Å². The lowest BCUT2D eigenvalue weighted by molar-refractivity contribution is -0.385. The number of nitrogens with zero attached hydrogens (tertiary/aromatic N) is 1. The Bertz CT molecular complexity index is 668. The number of carboxylic acids is 1. The van der Waals surface area contributed by atoms with Crippen LogP contribution in [0, 0.1) is 16.0 Å². The van der Waals surface area contributed by atoms with Crippen LogP contribution in [0.4, 0.5) is 5.69 Å². The molecule has 2 N–H and O–H groups in total. The molecular formula is C15H18N2O7. The van der Waals surface area contributed by atoms with E-state index in [1.165, 1.54) is 13.2 Å². The fourth-order valence-electron chi connectivity index (χ4n) is 2.51. The van der Waals surface area contributed by atoms with E-state index in [0.717, 1.165) is 6.07 Å². The molecule has 0 aliphatic heterocycles. The Morgan fingerprint density at radius 1 is 1.38 bits per heavy atom. The molecule has 0 spiro atoms. The molecule has 130 valence electrons. The smallest absolute Gasteiger partial charge is 0.306 e. The van der Waals surface area contributed by atoms with Gasteiger partial charge >= 0.3 is 5.97 Å². The number of carboxylic acid groups (broad SMARTS) is 1. The van der Waals surface area contributed by atoms with Gasteiger partial charge in [0, 0.05) is 12.1 Å². The third-order valence-corrected chi connectivity index (χ3v) is 3.85. The van der Waals surface area contributed by atoms with Crippen LogP contribution in [0.1, 0.15) is 30.1 Å². The Balaban J connectivity index is 2.23. The van der Waals surface area contributed by atoms with Gasteiger partial charge in [0.15, 0.2) is 11.5 Å². The summed E-state index contributed by atoms with van der Waals surface area (Å²) in [5.41, 5.74) is -0.551. The van der Waals surface area contributed by atoms with Gasteiger partial charge in [0.1, 0.15) is 5.56 Å². The summed E-state index contributed by atoms with van der Waals surface area (Å²) in [6.07, 6.45) is 0.618. The second-order valence-corrected chi connectivity index (χ2v) is 5.39. The molecule has 0 radical (unpaired) electrons. The Hall–Kier alpha value is -2.84. The molecule has 1 aromatic carbocycles. The predicted octanol–water partition coefficient (Wildman–Crippen LogP) is 1.60. The maximum atomic E-state index is 12.3. The molecule has 0 saturated heterocycles. The molecular weight excluding hydrogens is 320 g/mol.